The molecule has 0 radical (unpaired) electrons. The van der Waals surface area contributed by atoms with Crippen LogP contribution in [-0.2, 0) is 59.0 Å². The van der Waals surface area contributed by atoms with Crippen LogP contribution in [0.2, 0.25) is 0 Å². The maximum absolute atomic E-state index is 11.9. The molecule has 2 unspecified atom stereocenters. The van der Waals surface area contributed by atoms with E-state index < -0.39 is 78.7 Å². The second kappa shape index (κ2) is 34.3. The van der Waals surface area contributed by atoms with Gasteiger partial charge in [0, 0.05) is 24.8 Å². The smallest absolute Gasteiger partial charge is 0.550 e. The van der Waals surface area contributed by atoms with Crippen molar-refractivity contribution in [2.45, 2.75) is 205 Å². The average Bonchev–Trinajstić information content (AvgIpc) is 3.08. The zero-order valence-corrected chi connectivity index (χ0v) is 40.8. The molecule has 0 aromatic carbocycles. The van der Waals surface area contributed by atoms with Crippen molar-refractivity contribution in [3.63, 3.8) is 0 Å². The molecule has 0 saturated carbocycles. The zero-order valence-electron chi connectivity index (χ0n) is 35.1. The van der Waals surface area contributed by atoms with Crippen molar-refractivity contribution in [2.24, 2.45) is 0 Å². The summed E-state index contributed by atoms with van der Waals surface area (Å²) >= 11 is 0. The Labute approximate surface area is 379 Å². The van der Waals surface area contributed by atoms with Crippen molar-refractivity contribution < 1.29 is 134 Å². The summed E-state index contributed by atoms with van der Waals surface area (Å²) < 4.78 is 63.0. The van der Waals surface area contributed by atoms with E-state index in [1.54, 1.807) is 13.8 Å². The molecule has 0 aromatic rings. The topological polar surface area (TPSA) is 260 Å². The molecule has 0 aromatic heterocycles. The first-order valence-corrected chi connectivity index (χ1v) is 22.2. The first-order valence-electron chi connectivity index (χ1n) is 19.2. The SMILES string of the molecule is CCCCCCC(C)(CCCCCC)OOC(=O)C(CC(=O)[O-])S(=O)(=O)O.CCCCCCC(C)(CCCCCC)OOC(=O)C(CC(=O)[O-])S(=O)(=O)O.[Na+].[Na+]. The minimum absolute atomic E-state index is 0. The van der Waals surface area contributed by atoms with E-state index in [1.165, 1.54) is 0 Å². The standard InChI is InChI=1S/2C18H34O8S.2Na/c2*1-4-6-8-10-12-18(3,13-11-9-7-5-2)26-25-17(21)15(14-16(19)20)27(22,23)24;;/h2*15H,4-14H2,1-3H3,(H,19,20)(H,22,23,24);;/q;;2*+1/p-2. The summed E-state index contributed by atoms with van der Waals surface area (Å²) in [4.78, 5) is 65.0. The van der Waals surface area contributed by atoms with Crippen LogP contribution in [0.1, 0.15) is 183 Å². The molecule has 16 nitrogen and oxygen atoms in total. The first-order chi connectivity index (χ1) is 25.1. The fourth-order valence-electron chi connectivity index (χ4n) is 5.43. The minimum atomic E-state index is -4.95. The fraction of sp³-hybridized carbons (Fsp3) is 0.889. The van der Waals surface area contributed by atoms with Crippen LogP contribution in [0.3, 0.4) is 0 Å². The summed E-state index contributed by atoms with van der Waals surface area (Å²) in [5, 5.41) is 16.7. The Morgan fingerprint density at radius 1 is 0.500 bits per heavy atom. The summed E-state index contributed by atoms with van der Waals surface area (Å²) in [5.74, 6) is -6.52. The Bertz CT molecular complexity index is 1170. The van der Waals surface area contributed by atoms with Crippen LogP contribution in [-0.4, -0.2) is 71.5 Å². The quantitative estimate of drug-likeness (QED) is 0.0274. The van der Waals surface area contributed by atoms with Gasteiger partial charge in [-0.05, 0) is 39.5 Å². The molecule has 0 rings (SSSR count). The monoisotopic (exact) mass is 864 g/mol. The van der Waals surface area contributed by atoms with Gasteiger partial charge in [-0.25, -0.2) is 9.59 Å². The van der Waals surface area contributed by atoms with E-state index in [4.69, 9.17) is 18.9 Å². The van der Waals surface area contributed by atoms with Crippen LogP contribution in [0.15, 0.2) is 0 Å². The van der Waals surface area contributed by atoms with Crippen LogP contribution in [0.5, 0.6) is 0 Å². The minimum Gasteiger partial charge on any atom is -0.550 e. The Morgan fingerprint density at radius 2 is 0.732 bits per heavy atom. The normalized spacial score (nSPS) is 12.9. The van der Waals surface area contributed by atoms with Gasteiger partial charge in [-0.2, -0.15) is 26.6 Å². The number of aliphatic carboxylic acids is 2. The Kier molecular flexibility index (Phi) is 38.2. The van der Waals surface area contributed by atoms with Gasteiger partial charge in [0.15, 0.2) is 10.5 Å². The van der Waals surface area contributed by atoms with Gasteiger partial charge in [0.1, 0.15) is 11.2 Å². The van der Waals surface area contributed by atoms with E-state index in [1.807, 2.05) is 0 Å². The molecular weight excluding hydrogens is 798 g/mol. The second-order valence-corrected chi connectivity index (χ2v) is 17.5. The molecule has 2 N–H and O–H groups in total. The Morgan fingerprint density at radius 3 is 0.911 bits per heavy atom. The van der Waals surface area contributed by atoms with Crippen LogP contribution < -0.4 is 69.3 Å². The van der Waals surface area contributed by atoms with Crippen molar-refractivity contribution >= 4 is 44.1 Å². The van der Waals surface area contributed by atoms with Gasteiger partial charge in [-0.3, -0.25) is 18.9 Å². The van der Waals surface area contributed by atoms with Crippen molar-refractivity contribution in [2.75, 3.05) is 0 Å². The maximum Gasteiger partial charge on any atom is 1.00 e. The van der Waals surface area contributed by atoms with E-state index in [0.717, 1.165) is 103 Å². The van der Waals surface area contributed by atoms with Crippen molar-refractivity contribution in [1.82, 2.24) is 0 Å². The van der Waals surface area contributed by atoms with Gasteiger partial charge in [-0.15, -0.1) is 0 Å². The van der Waals surface area contributed by atoms with Crippen LogP contribution in [0, 0.1) is 0 Å². The molecule has 2 atom stereocenters. The third-order valence-electron chi connectivity index (χ3n) is 8.84. The summed E-state index contributed by atoms with van der Waals surface area (Å²) in [7, 11) is -9.90. The van der Waals surface area contributed by atoms with Gasteiger partial charge in [0.25, 0.3) is 20.2 Å². The summed E-state index contributed by atoms with van der Waals surface area (Å²) in [6.45, 7) is 11.9. The molecule has 0 aliphatic heterocycles. The van der Waals surface area contributed by atoms with Gasteiger partial charge in [0.05, 0.1) is 0 Å². The second-order valence-electron chi connectivity index (χ2n) is 14.3. The van der Waals surface area contributed by atoms with E-state index in [9.17, 15) is 46.2 Å². The number of rotatable bonds is 32. The molecule has 0 saturated heterocycles. The maximum atomic E-state index is 11.9. The molecule has 320 valence electrons. The number of carboxylic acids is 2. The number of unbranched alkanes of at least 4 members (excludes halogenated alkanes) is 12. The Hall–Kier alpha value is -0.380. The number of hydrogen-bond acceptors (Lipinski definition) is 14. The molecule has 0 fully saturated rings. The Balaban J connectivity index is -0.000000466. The molecule has 0 amide bonds. The number of carboxylic acid groups (broad SMARTS) is 2. The molecular formula is C36H66Na2O16S2. The number of carbonyl (C=O) groups is 4. The summed E-state index contributed by atoms with van der Waals surface area (Å²) in [5.41, 5.74) is -1.61. The largest absolute Gasteiger partial charge is 1.00 e. The van der Waals surface area contributed by atoms with Crippen molar-refractivity contribution in [3.8, 4) is 0 Å². The van der Waals surface area contributed by atoms with E-state index >= 15 is 0 Å². The molecule has 56 heavy (non-hydrogen) atoms. The molecule has 0 heterocycles. The molecule has 0 bridgehead atoms. The van der Waals surface area contributed by atoms with Gasteiger partial charge in [0.2, 0.25) is 0 Å². The van der Waals surface area contributed by atoms with Crippen molar-refractivity contribution in [3.05, 3.63) is 0 Å². The third-order valence-corrected chi connectivity index (χ3v) is 11.0. The van der Waals surface area contributed by atoms with E-state index in [2.05, 4.69) is 37.5 Å². The predicted octanol–water partition coefficient (Wildman–Crippen LogP) is -0.878. The first kappa shape index (κ1) is 62.3. The third kappa shape index (κ3) is 32.5. The molecule has 20 heteroatoms. The molecule has 0 spiro atoms. The summed E-state index contributed by atoms with van der Waals surface area (Å²) in [6, 6.07) is 0. The number of carbonyl (C=O) groups excluding carboxylic acids is 4. The van der Waals surface area contributed by atoms with Gasteiger partial charge in [-0.1, -0.05) is 130 Å². The van der Waals surface area contributed by atoms with Crippen LogP contribution in [0.4, 0.5) is 0 Å². The van der Waals surface area contributed by atoms with Crippen molar-refractivity contribution in [1.29, 1.82) is 0 Å². The van der Waals surface area contributed by atoms with Crippen LogP contribution >= 0.6 is 0 Å². The van der Waals surface area contributed by atoms with Gasteiger partial charge >= 0.3 is 71.1 Å². The van der Waals surface area contributed by atoms with E-state index in [-0.39, 0.29) is 59.1 Å². The van der Waals surface area contributed by atoms with E-state index in [0.29, 0.717) is 25.7 Å². The summed E-state index contributed by atoms with van der Waals surface area (Å²) in [6.07, 6.45) is 16.0. The van der Waals surface area contributed by atoms with Gasteiger partial charge < -0.3 is 19.8 Å². The average molecular weight is 865 g/mol. The fourth-order valence-corrected chi connectivity index (χ4v) is 6.69. The van der Waals surface area contributed by atoms with Crippen LogP contribution in [0.25, 0.3) is 0 Å². The molecule has 0 aliphatic rings. The zero-order chi connectivity index (χ0) is 41.8. The number of hydrogen-bond donors (Lipinski definition) is 2. The predicted molar refractivity (Wildman–Crippen MR) is 196 cm³/mol. The molecule has 0 aliphatic carbocycles.